The molecule has 108 valence electrons. The van der Waals surface area contributed by atoms with Crippen LogP contribution in [-0.4, -0.2) is 52.0 Å². The average molecular weight is 278 g/mol. The Balaban J connectivity index is 2.14. The van der Waals surface area contributed by atoms with Crippen LogP contribution in [0.15, 0.2) is 18.2 Å². The highest BCUT2D eigenvalue weighted by molar-refractivity contribution is 5.99. The first-order chi connectivity index (χ1) is 9.32. The number of hydrogen-bond donors (Lipinski definition) is 3. The van der Waals surface area contributed by atoms with Crippen molar-refractivity contribution >= 4 is 11.7 Å². The van der Waals surface area contributed by atoms with Crippen LogP contribution in [0.2, 0.25) is 0 Å². The zero-order chi connectivity index (χ0) is 14.9. The van der Waals surface area contributed by atoms with Gasteiger partial charge in [-0.15, -0.1) is 0 Å². The summed E-state index contributed by atoms with van der Waals surface area (Å²) in [5, 5.41) is 21.4. The van der Waals surface area contributed by atoms with Crippen molar-refractivity contribution in [1.29, 1.82) is 0 Å². The number of amides is 1. The number of nitrogens with zero attached hydrogens (tertiary/aromatic N) is 1. The molecule has 0 bridgehead atoms. The van der Waals surface area contributed by atoms with E-state index in [-0.39, 0.29) is 29.7 Å². The lowest BCUT2D eigenvalue weighted by molar-refractivity contribution is -0.134. The third-order valence-electron chi connectivity index (χ3n) is 3.65. The number of carbonyl (C=O) groups excluding carboxylic acids is 2. The summed E-state index contributed by atoms with van der Waals surface area (Å²) >= 11 is 0. The largest absolute Gasteiger partial charge is 0.504 e. The Bertz CT molecular complexity index is 554. The predicted octanol–water partition coefficient (Wildman–Crippen LogP) is 0.491. The van der Waals surface area contributed by atoms with Gasteiger partial charge in [0.2, 0.25) is 5.91 Å². The van der Waals surface area contributed by atoms with Crippen molar-refractivity contribution in [3.05, 3.63) is 23.8 Å². The molecule has 6 nitrogen and oxygen atoms in total. The molecule has 6 heteroatoms. The molecule has 3 N–H and O–H groups in total. The molecular formula is C14H18N2O4. The zero-order valence-corrected chi connectivity index (χ0v) is 11.5. The number of Topliss-reactive ketones (excluding diaryl/α,β-unsaturated/α-hetero) is 1. The highest BCUT2D eigenvalue weighted by Crippen LogP contribution is 2.25. The van der Waals surface area contributed by atoms with Crippen molar-refractivity contribution in [3.63, 3.8) is 0 Å². The van der Waals surface area contributed by atoms with Gasteiger partial charge in [0.15, 0.2) is 17.3 Å². The second-order valence-corrected chi connectivity index (χ2v) is 5.36. The maximum Gasteiger partial charge on any atom is 0.240 e. The summed E-state index contributed by atoms with van der Waals surface area (Å²) < 4.78 is 0. The summed E-state index contributed by atoms with van der Waals surface area (Å²) in [4.78, 5) is 25.8. The van der Waals surface area contributed by atoms with E-state index in [1.54, 1.807) is 18.7 Å². The third kappa shape index (κ3) is 2.60. The van der Waals surface area contributed by atoms with Crippen molar-refractivity contribution < 1.29 is 19.8 Å². The van der Waals surface area contributed by atoms with Crippen LogP contribution < -0.4 is 5.32 Å². The van der Waals surface area contributed by atoms with Gasteiger partial charge in [-0.1, -0.05) is 0 Å². The van der Waals surface area contributed by atoms with Gasteiger partial charge in [-0.3, -0.25) is 14.5 Å². The lowest BCUT2D eigenvalue weighted by Gasteiger charge is -2.40. The first-order valence-corrected chi connectivity index (χ1v) is 6.41. The number of phenolic OH excluding ortho intramolecular Hbond substituents is 2. The number of rotatable bonds is 3. The van der Waals surface area contributed by atoms with Crippen LogP contribution in [0.1, 0.15) is 24.2 Å². The topological polar surface area (TPSA) is 89.9 Å². The van der Waals surface area contributed by atoms with Crippen LogP contribution in [-0.2, 0) is 4.79 Å². The fraction of sp³-hybridized carbons (Fsp3) is 0.429. The molecule has 1 aromatic carbocycles. The minimum absolute atomic E-state index is 0.0879. The molecule has 1 amide bonds. The van der Waals surface area contributed by atoms with Crippen LogP contribution in [0.25, 0.3) is 0 Å². The minimum Gasteiger partial charge on any atom is -0.504 e. The SMILES string of the molecule is CC1(C)C(=O)NCCN1CC(=O)c1ccc(O)c(O)c1. The highest BCUT2D eigenvalue weighted by atomic mass is 16.3. The Labute approximate surface area is 117 Å². The summed E-state index contributed by atoms with van der Waals surface area (Å²) in [6, 6.07) is 3.96. The molecule has 0 radical (unpaired) electrons. The summed E-state index contributed by atoms with van der Waals surface area (Å²) in [6.07, 6.45) is 0. The molecule has 1 aliphatic heterocycles. The van der Waals surface area contributed by atoms with Crippen LogP contribution in [0, 0.1) is 0 Å². The molecule has 0 unspecified atom stereocenters. The van der Waals surface area contributed by atoms with Gasteiger partial charge >= 0.3 is 0 Å². The number of piperazine rings is 1. The van der Waals surface area contributed by atoms with Gasteiger partial charge in [0.25, 0.3) is 0 Å². The van der Waals surface area contributed by atoms with E-state index in [0.29, 0.717) is 18.7 Å². The summed E-state index contributed by atoms with van der Waals surface area (Å²) in [7, 11) is 0. The predicted molar refractivity (Wildman–Crippen MR) is 72.8 cm³/mol. The molecule has 1 heterocycles. The van der Waals surface area contributed by atoms with E-state index < -0.39 is 5.54 Å². The normalized spacial score (nSPS) is 18.6. The van der Waals surface area contributed by atoms with Gasteiger partial charge in [-0.25, -0.2) is 0 Å². The molecule has 0 spiro atoms. The van der Waals surface area contributed by atoms with Crippen LogP contribution in [0.4, 0.5) is 0 Å². The standard InChI is InChI=1S/C14H18N2O4/c1-14(2)13(20)15-5-6-16(14)8-12(19)9-3-4-10(17)11(18)7-9/h3-4,7,17-18H,5-6,8H2,1-2H3,(H,15,20). The van der Waals surface area contributed by atoms with Gasteiger partial charge in [0.05, 0.1) is 12.1 Å². The summed E-state index contributed by atoms with van der Waals surface area (Å²) in [6.45, 7) is 4.72. The Hall–Kier alpha value is -2.08. The molecule has 1 aliphatic rings. The van der Waals surface area contributed by atoms with Crippen LogP contribution in [0.3, 0.4) is 0 Å². The van der Waals surface area contributed by atoms with E-state index in [4.69, 9.17) is 0 Å². The van der Waals surface area contributed by atoms with E-state index in [1.165, 1.54) is 18.2 Å². The second kappa shape index (κ2) is 5.13. The van der Waals surface area contributed by atoms with E-state index in [2.05, 4.69) is 5.32 Å². The van der Waals surface area contributed by atoms with Crippen molar-refractivity contribution in [2.75, 3.05) is 19.6 Å². The lowest BCUT2D eigenvalue weighted by atomic mass is 9.97. The van der Waals surface area contributed by atoms with E-state index in [9.17, 15) is 19.8 Å². The fourth-order valence-corrected chi connectivity index (χ4v) is 2.18. The van der Waals surface area contributed by atoms with Crippen molar-refractivity contribution in [3.8, 4) is 11.5 Å². The fourth-order valence-electron chi connectivity index (χ4n) is 2.18. The number of carbonyl (C=O) groups is 2. The summed E-state index contributed by atoms with van der Waals surface area (Å²) in [5.74, 6) is -0.904. The van der Waals surface area contributed by atoms with Crippen LogP contribution in [0.5, 0.6) is 11.5 Å². The van der Waals surface area contributed by atoms with Gasteiger partial charge in [-0.2, -0.15) is 0 Å². The Morgan fingerprint density at radius 1 is 1.35 bits per heavy atom. The van der Waals surface area contributed by atoms with Gasteiger partial charge in [0, 0.05) is 18.7 Å². The van der Waals surface area contributed by atoms with Gasteiger partial charge in [-0.05, 0) is 32.0 Å². The van der Waals surface area contributed by atoms with E-state index >= 15 is 0 Å². The van der Waals surface area contributed by atoms with Gasteiger partial charge in [0.1, 0.15) is 0 Å². The molecule has 1 saturated heterocycles. The van der Waals surface area contributed by atoms with E-state index in [0.717, 1.165) is 0 Å². The van der Waals surface area contributed by atoms with Crippen LogP contribution >= 0.6 is 0 Å². The molecule has 0 saturated carbocycles. The number of nitrogens with one attached hydrogen (secondary N) is 1. The average Bonchev–Trinajstić information content (AvgIpc) is 2.38. The zero-order valence-electron chi connectivity index (χ0n) is 11.5. The number of phenols is 2. The number of benzene rings is 1. The second-order valence-electron chi connectivity index (χ2n) is 5.36. The molecule has 0 aromatic heterocycles. The summed E-state index contributed by atoms with van der Waals surface area (Å²) in [5.41, 5.74) is -0.436. The minimum atomic E-state index is -0.743. The quantitative estimate of drug-likeness (QED) is 0.553. The Morgan fingerprint density at radius 3 is 2.70 bits per heavy atom. The number of hydrogen-bond acceptors (Lipinski definition) is 5. The Kier molecular flexibility index (Phi) is 3.67. The molecule has 1 aromatic rings. The molecule has 1 fully saturated rings. The highest BCUT2D eigenvalue weighted by Gasteiger charge is 2.38. The molecule has 0 aliphatic carbocycles. The van der Waals surface area contributed by atoms with Crippen molar-refractivity contribution in [1.82, 2.24) is 10.2 Å². The molecular weight excluding hydrogens is 260 g/mol. The van der Waals surface area contributed by atoms with Crippen molar-refractivity contribution in [2.45, 2.75) is 19.4 Å². The monoisotopic (exact) mass is 278 g/mol. The first kappa shape index (κ1) is 14.3. The smallest absolute Gasteiger partial charge is 0.240 e. The number of aromatic hydroxyl groups is 2. The lowest BCUT2D eigenvalue weighted by Crippen LogP contribution is -2.62. The van der Waals surface area contributed by atoms with E-state index in [1.807, 2.05) is 0 Å². The Morgan fingerprint density at radius 2 is 2.05 bits per heavy atom. The van der Waals surface area contributed by atoms with Gasteiger partial charge < -0.3 is 15.5 Å². The molecule has 0 atom stereocenters. The molecule has 2 rings (SSSR count). The molecule has 20 heavy (non-hydrogen) atoms. The number of ketones is 1. The maximum atomic E-state index is 12.2. The maximum absolute atomic E-state index is 12.2. The first-order valence-electron chi connectivity index (χ1n) is 6.41. The third-order valence-corrected chi connectivity index (χ3v) is 3.65. The van der Waals surface area contributed by atoms with Crippen molar-refractivity contribution in [2.24, 2.45) is 0 Å².